The summed E-state index contributed by atoms with van der Waals surface area (Å²) in [5, 5.41) is 6.50. The number of methoxy groups -OCH3 is 1. The highest BCUT2D eigenvalue weighted by molar-refractivity contribution is 6.33. The van der Waals surface area contributed by atoms with Crippen molar-refractivity contribution in [1.82, 2.24) is 5.32 Å². The lowest BCUT2D eigenvalue weighted by Gasteiger charge is -2.23. The van der Waals surface area contributed by atoms with Gasteiger partial charge in [0.25, 0.3) is 0 Å². The second kappa shape index (κ2) is 6.75. The van der Waals surface area contributed by atoms with Gasteiger partial charge < -0.3 is 20.1 Å². The molecule has 0 aliphatic carbocycles. The third-order valence-electron chi connectivity index (χ3n) is 2.88. The summed E-state index contributed by atoms with van der Waals surface area (Å²) in [6.07, 6.45) is 0.355. The summed E-state index contributed by atoms with van der Waals surface area (Å²) in [6.45, 7) is 2.02. The number of hydrogen-bond acceptors (Lipinski definition) is 4. The van der Waals surface area contributed by atoms with Crippen molar-refractivity contribution in [3.63, 3.8) is 0 Å². The van der Waals surface area contributed by atoms with E-state index in [1.54, 1.807) is 25.3 Å². The second-order valence-electron chi connectivity index (χ2n) is 4.32. The Bertz CT molecular complexity index is 448. The molecule has 0 bridgehead atoms. The number of rotatable bonds is 4. The van der Waals surface area contributed by atoms with Gasteiger partial charge >= 0.3 is 0 Å². The van der Waals surface area contributed by atoms with Gasteiger partial charge in [-0.25, -0.2) is 0 Å². The summed E-state index contributed by atoms with van der Waals surface area (Å²) in [6, 6.07) is 5.19. The summed E-state index contributed by atoms with van der Waals surface area (Å²) < 4.78 is 10.4. The maximum absolute atomic E-state index is 11.9. The molecular formula is C13H17ClN2O3. The molecule has 1 aliphatic rings. The van der Waals surface area contributed by atoms with Crippen LogP contribution in [0, 0.1) is 0 Å². The molecule has 1 heterocycles. The molecule has 1 aromatic rings. The van der Waals surface area contributed by atoms with Crippen molar-refractivity contribution in [2.45, 2.75) is 12.5 Å². The highest BCUT2D eigenvalue weighted by atomic mass is 35.5. The number of nitrogens with one attached hydrogen (secondary N) is 2. The Kier molecular flexibility index (Phi) is 5.01. The van der Waals surface area contributed by atoms with E-state index in [0.29, 0.717) is 36.1 Å². The second-order valence-corrected chi connectivity index (χ2v) is 4.73. The third-order valence-corrected chi connectivity index (χ3v) is 3.21. The Morgan fingerprint density at radius 1 is 1.63 bits per heavy atom. The number of carbonyl (C=O) groups excluding carboxylic acids is 1. The van der Waals surface area contributed by atoms with Crippen LogP contribution >= 0.6 is 11.6 Å². The first-order chi connectivity index (χ1) is 9.19. The van der Waals surface area contributed by atoms with Crippen molar-refractivity contribution < 1.29 is 14.3 Å². The van der Waals surface area contributed by atoms with Crippen LogP contribution < -0.4 is 15.4 Å². The number of hydrogen-bond donors (Lipinski definition) is 2. The molecule has 1 atom stereocenters. The van der Waals surface area contributed by atoms with E-state index in [2.05, 4.69) is 10.6 Å². The molecular weight excluding hydrogens is 268 g/mol. The largest absolute Gasteiger partial charge is 0.497 e. The fraction of sp³-hybridized carbons (Fsp3) is 0.462. The van der Waals surface area contributed by atoms with Gasteiger partial charge in [-0.2, -0.15) is 0 Å². The number of morpholine rings is 1. The van der Waals surface area contributed by atoms with Gasteiger partial charge in [0, 0.05) is 25.1 Å². The summed E-state index contributed by atoms with van der Waals surface area (Å²) in [5.41, 5.74) is 0.558. The van der Waals surface area contributed by atoms with Crippen molar-refractivity contribution in [2.24, 2.45) is 0 Å². The molecule has 2 N–H and O–H groups in total. The molecule has 6 heteroatoms. The summed E-state index contributed by atoms with van der Waals surface area (Å²) in [4.78, 5) is 11.9. The fourth-order valence-corrected chi connectivity index (χ4v) is 2.07. The molecule has 1 unspecified atom stereocenters. The van der Waals surface area contributed by atoms with Gasteiger partial charge in [0.05, 0.1) is 31.0 Å². The molecule has 19 heavy (non-hydrogen) atoms. The van der Waals surface area contributed by atoms with E-state index in [1.807, 2.05) is 0 Å². The van der Waals surface area contributed by atoms with Crippen LogP contribution in [-0.4, -0.2) is 38.8 Å². The Morgan fingerprint density at radius 2 is 2.47 bits per heavy atom. The number of carbonyl (C=O) groups is 1. The maximum atomic E-state index is 11.9. The van der Waals surface area contributed by atoms with Crippen LogP contribution in [0.4, 0.5) is 5.69 Å². The topological polar surface area (TPSA) is 59.6 Å². The van der Waals surface area contributed by atoms with Gasteiger partial charge in [-0.3, -0.25) is 4.79 Å². The zero-order valence-corrected chi connectivity index (χ0v) is 11.5. The standard InChI is InChI=1S/C13H17ClN2O3/c1-18-10-2-3-11(14)12(7-10)16-13(17)6-9-8-19-5-4-15-9/h2-3,7,9,15H,4-6,8H2,1H3,(H,16,17). The van der Waals surface area contributed by atoms with Crippen molar-refractivity contribution in [3.05, 3.63) is 23.2 Å². The smallest absolute Gasteiger partial charge is 0.226 e. The van der Waals surface area contributed by atoms with Crippen LogP contribution in [0.25, 0.3) is 0 Å². The van der Waals surface area contributed by atoms with Crippen LogP contribution in [0.1, 0.15) is 6.42 Å². The van der Waals surface area contributed by atoms with Gasteiger partial charge in [0.15, 0.2) is 0 Å². The van der Waals surface area contributed by atoms with Crippen molar-refractivity contribution in [3.8, 4) is 5.75 Å². The third kappa shape index (κ3) is 4.09. The van der Waals surface area contributed by atoms with Crippen LogP contribution in [0.2, 0.25) is 5.02 Å². The van der Waals surface area contributed by atoms with E-state index in [4.69, 9.17) is 21.1 Å². The highest BCUT2D eigenvalue weighted by Crippen LogP contribution is 2.26. The van der Waals surface area contributed by atoms with Crippen LogP contribution in [0.5, 0.6) is 5.75 Å². The first kappa shape index (κ1) is 14.1. The van der Waals surface area contributed by atoms with Crippen molar-refractivity contribution >= 4 is 23.2 Å². The Morgan fingerprint density at radius 3 is 3.16 bits per heavy atom. The summed E-state index contributed by atoms with van der Waals surface area (Å²) >= 11 is 6.03. The minimum atomic E-state index is -0.0989. The monoisotopic (exact) mass is 284 g/mol. The quantitative estimate of drug-likeness (QED) is 0.883. The van der Waals surface area contributed by atoms with Gasteiger partial charge in [-0.1, -0.05) is 11.6 Å². The Balaban J connectivity index is 1.94. The van der Waals surface area contributed by atoms with Gasteiger partial charge in [0.1, 0.15) is 5.75 Å². The lowest BCUT2D eigenvalue weighted by Crippen LogP contribution is -2.43. The van der Waals surface area contributed by atoms with E-state index < -0.39 is 0 Å². The number of ether oxygens (including phenoxy) is 2. The molecule has 104 valence electrons. The number of anilines is 1. The summed E-state index contributed by atoms with van der Waals surface area (Å²) in [5.74, 6) is 0.553. The molecule has 1 amide bonds. The van der Waals surface area contributed by atoms with Crippen LogP contribution in [0.15, 0.2) is 18.2 Å². The molecule has 1 fully saturated rings. The van der Waals surface area contributed by atoms with E-state index in [-0.39, 0.29) is 11.9 Å². The Labute approximate surface area is 117 Å². The van der Waals surface area contributed by atoms with E-state index in [0.717, 1.165) is 6.54 Å². The molecule has 0 saturated carbocycles. The molecule has 0 spiro atoms. The number of amides is 1. The lowest BCUT2D eigenvalue weighted by atomic mass is 10.2. The van der Waals surface area contributed by atoms with Crippen molar-refractivity contribution in [2.75, 3.05) is 32.2 Å². The number of halogens is 1. The van der Waals surface area contributed by atoms with Gasteiger partial charge in [0.2, 0.25) is 5.91 Å². The average molecular weight is 285 g/mol. The van der Waals surface area contributed by atoms with Crippen LogP contribution in [-0.2, 0) is 9.53 Å². The predicted molar refractivity (Wildman–Crippen MR) is 73.9 cm³/mol. The number of benzene rings is 1. The molecule has 1 aromatic carbocycles. The lowest BCUT2D eigenvalue weighted by molar-refractivity contribution is -0.117. The molecule has 0 aromatic heterocycles. The maximum Gasteiger partial charge on any atom is 0.226 e. The minimum absolute atomic E-state index is 0.0538. The highest BCUT2D eigenvalue weighted by Gasteiger charge is 2.17. The zero-order valence-electron chi connectivity index (χ0n) is 10.7. The van der Waals surface area contributed by atoms with E-state index in [1.165, 1.54) is 0 Å². The molecule has 1 saturated heterocycles. The normalized spacial score (nSPS) is 18.9. The van der Waals surface area contributed by atoms with E-state index in [9.17, 15) is 4.79 Å². The first-order valence-electron chi connectivity index (χ1n) is 6.13. The van der Waals surface area contributed by atoms with Gasteiger partial charge in [-0.15, -0.1) is 0 Å². The first-order valence-corrected chi connectivity index (χ1v) is 6.51. The van der Waals surface area contributed by atoms with E-state index >= 15 is 0 Å². The molecule has 0 radical (unpaired) electrons. The molecule has 5 nitrogen and oxygen atoms in total. The SMILES string of the molecule is COc1ccc(Cl)c(NC(=O)CC2COCCN2)c1. The molecule has 2 rings (SSSR count). The van der Waals surface area contributed by atoms with Crippen molar-refractivity contribution in [1.29, 1.82) is 0 Å². The predicted octanol–water partition coefficient (Wildman–Crippen LogP) is 1.67. The van der Waals surface area contributed by atoms with Crippen LogP contribution in [0.3, 0.4) is 0 Å². The Hall–Kier alpha value is -1.30. The fourth-order valence-electron chi connectivity index (χ4n) is 1.90. The molecule has 1 aliphatic heterocycles. The summed E-state index contributed by atoms with van der Waals surface area (Å²) in [7, 11) is 1.57. The zero-order chi connectivity index (χ0) is 13.7. The average Bonchev–Trinajstić information content (AvgIpc) is 2.42. The minimum Gasteiger partial charge on any atom is -0.497 e. The van der Waals surface area contributed by atoms with Gasteiger partial charge in [-0.05, 0) is 12.1 Å².